The maximum Gasteiger partial charge on any atom is 0.301 e. The van der Waals surface area contributed by atoms with Crippen LogP contribution in [-0.2, 0) is 28.6 Å². The number of piperidine rings is 3. The molecule has 9 aromatic rings. The molecule has 3 amide bonds. The van der Waals surface area contributed by atoms with Crippen molar-refractivity contribution in [2.45, 2.75) is 93.2 Å². The molecular formula is C98H110F5N21O15. The molecule has 0 radical (unpaired) electrons. The summed E-state index contributed by atoms with van der Waals surface area (Å²) < 4.78 is 125. The minimum absolute atomic E-state index is 0.000238. The highest BCUT2D eigenvalue weighted by Gasteiger charge is 2.50. The third-order valence-electron chi connectivity index (χ3n) is 26.0. The van der Waals surface area contributed by atoms with Gasteiger partial charge in [0.05, 0.1) is 139 Å². The van der Waals surface area contributed by atoms with Gasteiger partial charge >= 0.3 is 11.8 Å². The molecule has 12 heterocycles. The van der Waals surface area contributed by atoms with Crippen LogP contribution in [0.25, 0.3) is 34.2 Å². The number of anilines is 9. The van der Waals surface area contributed by atoms with Crippen LogP contribution in [0.15, 0.2) is 146 Å². The molecule has 9 saturated heterocycles. The molecule has 139 heavy (non-hydrogen) atoms. The van der Waals surface area contributed by atoms with Gasteiger partial charge in [0.2, 0.25) is 11.8 Å². The standard InChI is InChI=1S/C33H37F2N7O5.C33H38FN7O5.C32H35F2N7O5/c1-21(43)32(44)42-10-8-29(33(34,35)20-42)47-27-6-3-22(15-23(27)17-36)31-37-9-7-30(39-31)38-24-4-5-26(28(16-24)45-2)41-13-11-40(12-14-41)25-18-46-19-25;1-44-30-17-24(3-4-27(30)40-13-11-39(12-14-40)25-20-45-21-25)37-31-6-9-36-33(38-31)22-2-5-28(23(16-22)18-35)46-29-7-10-41(19-26(29)34)32(43)8-15-42;1-44-27-15-23(3-4-25(27)40-12-10-39(11-13-40)24-18-45-19-24)37-29-6-8-36-31(38-29)21-2-5-26(22(14-21)16-35)46-28-7-9-41(30(43)17-42)20-32(28,33)34/h3-7,9,15-16,21,25,29,43H,8,10-14,18-20H2,1-2H3,(H,37,38,39);2-6,9,16-17,25-26,29,42H,7-8,10-15,19-21H2,1H3,(H,36,37,38);2-6,8,14-15,24,28,42H,7,9-13,17-20H2,1H3,(H,36,37,38)/t21-,29-;26-,29+;28-/m010/s1. The van der Waals surface area contributed by atoms with E-state index in [9.17, 15) is 57.2 Å². The van der Waals surface area contributed by atoms with E-state index >= 15 is 0 Å². The van der Waals surface area contributed by atoms with E-state index in [0.717, 1.165) is 179 Å². The van der Waals surface area contributed by atoms with Gasteiger partial charge in [-0.15, -0.1) is 0 Å². The van der Waals surface area contributed by atoms with Gasteiger partial charge in [-0.1, -0.05) is 0 Å². The van der Waals surface area contributed by atoms with Gasteiger partial charge < -0.3 is 103 Å². The van der Waals surface area contributed by atoms with Crippen LogP contribution in [0.2, 0.25) is 0 Å². The van der Waals surface area contributed by atoms with Crippen LogP contribution in [0, 0.1) is 34.0 Å². The first-order valence-corrected chi connectivity index (χ1v) is 46.2. The van der Waals surface area contributed by atoms with Crippen molar-refractivity contribution in [2.24, 2.45) is 0 Å². The van der Waals surface area contributed by atoms with Gasteiger partial charge in [0.15, 0.2) is 35.9 Å². The third kappa shape index (κ3) is 23.7. The van der Waals surface area contributed by atoms with E-state index in [1.165, 1.54) is 36.1 Å². The molecule has 41 heteroatoms. The number of halogens is 5. The van der Waals surface area contributed by atoms with Crippen molar-refractivity contribution in [1.29, 1.82) is 15.8 Å². The van der Waals surface area contributed by atoms with Gasteiger partial charge in [0.25, 0.3) is 5.91 Å². The zero-order valence-corrected chi connectivity index (χ0v) is 77.4. The van der Waals surface area contributed by atoms with Crippen molar-refractivity contribution in [3.05, 3.63) is 163 Å². The Balaban J connectivity index is 0.000000151. The quantitative estimate of drug-likeness (QED) is 0.0249. The maximum atomic E-state index is 14.9. The van der Waals surface area contributed by atoms with Crippen molar-refractivity contribution in [3.8, 4) is 86.9 Å². The van der Waals surface area contributed by atoms with E-state index in [-0.39, 0.29) is 91.8 Å². The van der Waals surface area contributed by atoms with E-state index in [1.807, 2.05) is 60.7 Å². The molecule has 9 aliphatic rings. The number of alkyl halides is 5. The normalized spacial score (nSPS) is 20.4. The molecule has 0 unspecified atom stereocenters. The number of aliphatic hydroxyl groups is 3. The van der Waals surface area contributed by atoms with Crippen molar-refractivity contribution in [1.82, 2.24) is 59.3 Å². The molecule has 0 saturated carbocycles. The Morgan fingerprint density at radius 3 is 1.12 bits per heavy atom. The molecular weight excluding hydrogens is 1810 g/mol. The van der Waals surface area contributed by atoms with E-state index in [1.54, 1.807) is 88.5 Å². The number of nitrogens with zero attached hydrogens (tertiary/aromatic N) is 18. The molecule has 0 bridgehead atoms. The highest BCUT2D eigenvalue weighted by molar-refractivity contribution is 5.81. The van der Waals surface area contributed by atoms with Gasteiger partial charge in [-0.2, -0.15) is 15.8 Å². The molecule has 9 fully saturated rings. The summed E-state index contributed by atoms with van der Waals surface area (Å²) in [6.07, 6.45) is -1.92. The lowest BCUT2D eigenvalue weighted by atomic mass is 10.0. The van der Waals surface area contributed by atoms with Gasteiger partial charge in [-0.25, -0.2) is 51.9 Å². The average molecular weight is 1920 g/mol. The van der Waals surface area contributed by atoms with Crippen LogP contribution in [0.3, 0.4) is 0 Å². The lowest BCUT2D eigenvalue weighted by molar-refractivity contribution is -0.165. The fourth-order valence-electron chi connectivity index (χ4n) is 17.9. The first-order valence-electron chi connectivity index (χ1n) is 46.2. The van der Waals surface area contributed by atoms with Gasteiger partial charge in [-0.05, 0) is 116 Å². The topological polar surface area (TPSA) is 409 Å². The maximum absolute atomic E-state index is 14.9. The van der Waals surface area contributed by atoms with Crippen LogP contribution in [0.1, 0.15) is 49.3 Å². The number of benzene rings is 6. The van der Waals surface area contributed by atoms with E-state index in [2.05, 4.69) is 87.4 Å². The fourth-order valence-corrected chi connectivity index (χ4v) is 17.9. The lowest BCUT2D eigenvalue weighted by Crippen LogP contribution is -2.56. The fraction of sp³-hybridized carbons (Fsp3) is 0.449. The molecule has 36 nitrogen and oxygen atoms in total. The number of carbonyl (C=O) groups is 3. The van der Waals surface area contributed by atoms with E-state index in [0.29, 0.717) is 76.3 Å². The number of aliphatic hydroxyl groups excluding tert-OH is 3. The summed E-state index contributed by atoms with van der Waals surface area (Å²) in [6, 6.07) is 44.8. The first kappa shape index (κ1) is 98.4. The monoisotopic (exact) mass is 1920 g/mol. The van der Waals surface area contributed by atoms with Crippen LogP contribution in [0.4, 0.5) is 73.5 Å². The minimum atomic E-state index is -3.38. The summed E-state index contributed by atoms with van der Waals surface area (Å²) in [4.78, 5) is 80.4. The number of methoxy groups -OCH3 is 3. The Labute approximate surface area is 800 Å². The molecule has 732 valence electrons. The van der Waals surface area contributed by atoms with Crippen molar-refractivity contribution >= 4 is 69.3 Å². The van der Waals surface area contributed by atoms with Crippen LogP contribution in [-0.4, -0.2) is 345 Å². The predicted molar refractivity (Wildman–Crippen MR) is 503 cm³/mol. The summed E-state index contributed by atoms with van der Waals surface area (Å²) in [5.74, 6) is -3.40. The summed E-state index contributed by atoms with van der Waals surface area (Å²) in [7, 11) is 4.97. The minimum Gasteiger partial charge on any atom is -0.495 e. The third-order valence-corrected chi connectivity index (χ3v) is 26.0. The van der Waals surface area contributed by atoms with Crippen molar-refractivity contribution in [2.75, 3.05) is 223 Å². The lowest BCUT2D eigenvalue weighted by Gasteiger charge is -2.43. The highest BCUT2D eigenvalue weighted by atomic mass is 19.3. The number of piperazine rings is 3. The molecule has 3 aromatic heterocycles. The summed E-state index contributed by atoms with van der Waals surface area (Å²) >= 11 is 0. The molecule has 6 N–H and O–H groups in total. The number of nitrogens with one attached hydrogen (secondary N) is 3. The number of nitriles is 3. The number of hydrogen-bond donors (Lipinski definition) is 6. The Morgan fingerprint density at radius 1 is 0.453 bits per heavy atom. The highest BCUT2D eigenvalue weighted by Crippen LogP contribution is 2.42. The average Bonchev–Trinajstić information content (AvgIpc) is 0.780. The Morgan fingerprint density at radius 2 is 0.806 bits per heavy atom. The SMILES string of the molecule is COc1cc(Nc2ccnc(-c3ccc(O[C@H]4CCN(C(=O)CCO)C[C@H]4F)c(C#N)c3)n2)ccc1N1CCN(C2COC2)CC1.COc1cc(Nc2ccnc(-c3ccc(O[C@H]4CCN(C(=O)CO)CC4(F)F)c(C#N)c3)n2)ccc1N1CCN(C2COC2)CC1.COc1cc(Nc2ccnc(-c3ccc(O[C@H]4CCN(C(=O)[C@H](C)O)CC4(F)F)c(C#N)c3)n2)ccc1N1CCN(C2COC2)CC1. The van der Waals surface area contributed by atoms with E-state index in [4.69, 9.17) is 52.8 Å². The first-order chi connectivity index (χ1) is 67.4. The second-order valence-corrected chi connectivity index (χ2v) is 34.9. The molecule has 18 rings (SSSR count). The number of aromatic nitrogens is 6. The zero-order chi connectivity index (χ0) is 97.4. The molecule has 6 aromatic carbocycles. The van der Waals surface area contributed by atoms with Crippen LogP contribution >= 0.6 is 0 Å². The second-order valence-electron chi connectivity index (χ2n) is 34.9. The van der Waals surface area contributed by atoms with Crippen LogP contribution < -0.4 is 59.1 Å². The number of ether oxygens (including phenoxy) is 9. The Hall–Kier alpha value is -13.7. The van der Waals surface area contributed by atoms with E-state index < -0.39 is 73.9 Å². The smallest absolute Gasteiger partial charge is 0.301 e. The Kier molecular flexibility index (Phi) is 31.7. The molecule has 0 aliphatic carbocycles. The zero-order valence-electron chi connectivity index (χ0n) is 77.4. The largest absolute Gasteiger partial charge is 0.495 e. The van der Waals surface area contributed by atoms with Gasteiger partial charge in [-0.3, -0.25) is 29.1 Å². The number of likely N-dealkylation sites (tertiary alicyclic amines) is 3. The summed E-state index contributed by atoms with van der Waals surface area (Å²) in [6.45, 7) is 14.8. The van der Waals surface area contributed by atoms with Crippen LogP contribution in [0.5, 0.6) is 34.5 Å². The summed E-state index contributed by atoms with van der Waals surface area (Å²) in [5, 5.41) is 66.9. The summed E-state index contributed by atoms with van der Waals surface area (Å²) in [5.41, 5.74) is 7.37. The Bertz CT molecular complexity index is 5950. The second kappa shape index (κ2) is 44.9. The predicted octanol–water partition coefficient (Wildman–Crippen LogP) is 9.17. The van der Waals surface area contributed by atoms with Gasteiger partial charge in [0.1, 0.15) is 89.0 Å². The van der Waals surface area contributed by atoms with Crippen molar-refractivity contribution < 1.29 is 94.3 Å². The van der Waals surface area contributed by atoms with Crippen molar-refractivity contribution in [3.63, 3.8) is 0 Å². The number of carbonyl (C=O) groups excluding carboxylic acids is 3. The number of hydrogen-bond acceptors (Lipinski definition) is 33. The number of rotatable bonds is 28. The van der Waals surface area contributed by atoms with Gasteiger partial charge in [0, 0.05) is 194 Å². The number of amides is 3. The molecule has 9 aliphatic heterocycles. The molecule has 0 spiro atoms. The molecule has 5 atom stereocenters.